The lowest BCUT2D eigenvalue weighted by Crippen LogP contribution is -2.43. The lowest BCUT2D eigenvalue weighted by Gasteiger charge is -2.32. The standard InChI is InChI=1S/C19H28N2O4/c1-5-24-16-8-6-15(7-9-16)20-17(22)14-10-12-21(13-11-14)18(23)25-19(2,3)4/h6-9,14H,5,10-13H2,1-4H3,(H,20,22). The van der Waals surface area contributed by atoms with Crippen molar-refractivity contribution in [3.63, 3.8) is 0 Å². The van der Waals surface area contributed by atoms with E-state index in [1.807, 2.05) is 52.0 Å². The van der Waals surface area contributed by atoms with E-state index in [1.54, 1.807) is 4.90 Å². The molecule has 0 aliphatic carbocycles. The maximum absolute atomic E-state index is 12.4. The van der Waals surface area contributed by atoms with E-state index in [0.717, 1.165) is 11.4 Å². The Labute approximate surface area is 149 Å². The van der Waals surface area contributed by atoms with Crippen molar-refractivity contribution in [2.75, 3.05) is 25.0 Å². The van der Waals surface area contributed by atoms with E-state index in [1.165, 1.54) is 0 Å². The number of rotatable bonds is 4. The van der Waals surface area contributed by atoms with Crippen molar-refractivity contribution < 1.29 is 19.1 Å². The van der Waals surface area contributed by atoms with Crippen molar-refractivity contribution in [3.05, 3.63) is 24.3 Å². The monoisotopic (exact) mass is 348 g/mol. The minimum Gasteiger partial charge on any atom is -0.494 e. The van der Waals surface area contributed by atoms with Crippen LogP contribution in [0.2, 0.25) is 0 Å². The molecule has 1 aliphatic rings. The number of benzene rings is 1. The van der Waals surface area contributed by atoms with Crippen molar-refractivity contribution in [2.45, 2.75) is 46.1 Å². The zero-order valence-electron chi connectivity index (χ0n) is 15.5. The molecule has 138 valence electrons. The second-order valence-electron chi connectivity index (χ2n) is 7.19. The molecule has 0 spiro atoms. The first-order valence-electron chi connectivity index (χ1n) is 8.80. The highest BCUT2D eigenvalue weighted by Gasteiger charge is 2.29. The molecule has 1 fully saturated rings. The van der Waals surface area contributed by atoms with Crippen LogP contribution in [0.5, 0.6) is 5.75 Å². The molecule has 0 bridgehead atoms. The summed E-state index contributed by atoms with van der Waals surface area (Å²) in [5.41, 5.74) is 0.252. The lowest BCUT2D eigenvalue weighted by atomic mass is 9.96. The molecule has 1 aromatic rings. The van der Waals surface area contributed by atoms with Crippen LogP contribution in [0.3, 0.4) is 0 Å². The zero-order chi connectivity index (χ0) is 18.4. The molecule has 6 heteroatoms. The van der Waals surface area contributed by atoms with Crippen LogP contribution in [-0.2, 0) is 9.53 Å². The van der Waals surface area contributed by atoms with Crippen LogP contribution in [-0.4, -0.2) is 42.2 Å². The third-order valence-electron chi connectivity index (χ3n) is 3.95. The van der Waals surface area contributed by atoms with Crippen LogP contribution in [0.1, 0.15) is 40.5 Å². The molecular formula is C19H28N2O4. The van der Waals surface area contributed by atoms with Gasteiger partial charge < -0.3 is 19.7 Å². The number of carbonyl (C=O) groups excluding carboxylic acids is 2. The summed E-state index contributed by atoms with van der Waals surface area (Å²) in [6.45, 7) is 9.17. The first kappa shape index (κ1) is 19.1. The fraction of sp³-hybridized carbons (Fsp3) is 0.579. The van der Waals surface area contributed by atoms with E-state index in [0.29, 0.717) is 32.5 Å². The lowest BCUT2D eigenvalue weighted by molar-refractivity contribution is -0.121. The molecule has 25 heavy (non-hydrogen) atoms. The van der Waals surface area contributed by atoms with Gasteiger partial charge in [0.2, 0.25) is 5.91 Å². The Morgan fingerprint density at radius 2 is 1.76 bits per heavy atom. The number of ether oxygens (including phenoxy) is 2. The van der Waals surface area contributed by atoms with E-state index in [9.17, 15) is 9.59 Å². The third-order valence-corrected chi connectivity index (χ3v) is 3.95. The molecule has 1 aliphatic heterocycles. The van der Waals surface area contributed by atoms with E-state index in [2.05, 4.69) is 5.32 Å². The maximum Gasteiger partial charge on any atom is 0.410 e. The number of amides is 2. The van der Waals surface area contributed by atoms with E-state index < -0.39 is 5.60 Å². The molecule has 0 atom stereocenters. The fourth-order valence-electron chi connectivity index (χ4n) is 2.70. The Morgan fingerprint density at radius 3 is 2.28 bits per heavy atom. The smallest absolute Gasteiger partial charge is 0.410 e. The van der Waals surface area contributed by atoms with E-state index >= 15 is 0 Å². The first-order valence-corrected chi connectivity index (χ1v) is 8.80. The van der Waals surface area contributed by atoms with Crippen molar-refractivity contribution in [1.29, 1.82) is 0 Å². The summed E-state index contributed by atoms with van der Waals surface area (Å²) in [6.07, 6.45) is 0.974. The summed E-state index contributed by atoms with van der Waals surface area (Å²) in [5, 5.41) is 2.93. The molecule has 2 rings (SSSR count). The molecule has 1 saturated heterocycles. The average Bonchev–Trinajstić information content (AvgIpc) is 2.55. The summed E-state index contributed by atoms with van der Waals surface area (Å²) >= 11 is 0. The summed E-state index contributed by atoms with van der Waals surface area (Å²) in [7, 11) is 0. The molecule has 1 N–H and O–H groups in total. The number of hydrogen-bond acceptors (Lipinski definition) is 4. The molecule has 0 unspecified atom stereocenters. The molecule has 1 heterocycles. The molecule has 0 radical (unpaired) electrons. The topological polar surface area (TPSA) is 67.9 Å². The predicted molar refractivity (Wildman–Crippen MR) is 96.8 cm³/mol. The summed E-state index contributed by atoms with van der Waals surface area (Å²) in [5.74, 6) is 0.685. The van der Waals surface area contributed by atoms with Crippen LogP contribution >= 0.6 is 0 Å². The van der Waals surface area contributed by atoms with Crippen LogP contribution in [0, 0.1) is 5.92 Å². The maximum atomic E-state index is 12.4. The van der Waals surface area contributed by atoms with Crippen LogP contribution in [0.4, 0.5) is 10.5 Å². The normalized spacial score (nSPS) is 15.6. The summed E-state index contributed by atoms with van der Waals surface area (Å²) in [4.78, 5) is 26.1. The van der Waals surface area contributed by atoms with Gasteiger partial charge in [0.15, 0.2) is 0 Å². The number of anilines is 1. The van der Waals surface area contributed by atoms with Gasteiger partial charge in [-0.05, 0) is 64.8 Å². The number of piperidine rings is 1. The highest BCUT2D eigenvalue weighted by atomic mass is 16.6. The quantitative estimate of drug-likeness (QED) is 0.901. The number of likely N-dealkylation sites (tertiary alicyclic amines) is 1. The summed E-state index contributed by atoms with van der Waals surface area (Å²) < 4.78 is 10.8. The van der Waals surface area contributed by atoms with Gasteiger partial charge in [0.1, 0.15) is 11.4 Å². The summed E-state index contributed by atoms with van der Waals surface area (Å²) in [6, 6.07) is 7.34. The Morgan fingerprint density at radius 1 is 1.16 bits per heavy atom. The van der Waals surface area contributed by atoms with Gasteiger partial charge in [-0.3, -0.25) is 4.79 Å². The number of nitrogens with one attached hydrogen (secondary N) is 1. The highest BCUT2D eigenvalue weighted by Crippen LogP contribution is 2.22. The molecule has 0 aromatic heterocycles. The van der Waals surface area contributed by atoms with Gasteiger partial charge in [0, 0.05) is 24.7 Å². The van der Waals surface area contributed by atoms with Gasteiger partial charge in [0.05, 0.1) is 6.61 Å². The Hall–Kier alpha value is -2.24. The van der Waals surface area contributed by atoms with Crippen molar-refractivity contribution in [1.82, 2.24) is 4.90 Å². The largest absolute Gasteiger partial charge is 0.494 e. The zero-order valence-corrected chi connectivity index (χ0v) is 15.5. The van der Waals surface area contributed by atoms with E-state index in [4.69, 9.17) is 9.47 Å². The van der Waals surface area contributed by atoms with Gasteiger partial charge in [-0.15, -0.1) is 0 Å². The second kappa shape index (κ2) is 8.23. The van der Waals surface area contributed by atoms with Crippen LogP contribution < -0.4 is 10.1 Å². The second-order valence-corrected chi connectivity index (χ2v) is 7.19. The highest BCUT2D eigenvalue weighted by molar-refractivity contribution is 5.92. The van der Waals surface area contributed by atoms with E-state index in [-0.39, 0.29) is 17.9 Å². The number of carbonyl (C=O) groups is 2. The molecule has 6 nitrogen and oxygen atoms in total. The van der Waals surface area contributed by atoms with Crippen molar-refractivity contribution >= 4 is 17.7 Å². The fourth-order valence-corrected chi connectivity index (χ4v) is 2.70. The predicted octanol–water partition coefficient (Wildman–Crippen LogP) is 3.67. The van der Waals surface area contributed by atoms with Crippen molar-refractivity contribution in [3.8, 4) is 5.75 Å². The van der Waals surface area contributed by atoms with Gasteiger partial charge >= 0.3 is 6.09 Å². The SMILES string of the molecule is CCOc1ccc(NC(=O)C2CCN(C(=O)OC(C)(C)C)CC2)cc1. The number of hydrogen-bond donors (Lipinski definition) is 1. The van der Waals surface area contributed by atoms with Crippen LogP contribution in [0.25, 0.3) is 0 Å². The molecule has 2 amide bonds. The van der Waals surface area contributed by atoms with Gasteiger partial charge in [-0.25, -0.2) is 4.79 Å². The molecular weight excluding hydrogens is 320 g/mol. The Balaban J connectivity index is 1.81. The average molecular weight is 348 g/mol. The third kappa shape index (κ3) is 5.96. The molecule has 0 saturated carbocycles. The minimum atomic E-state index is -0.501. The molecule has 1 aromatic carbocycles. The Bertz CT molecular complexity index is 584. The number of nitrogens with zero attached hydrogens (tertiary/aromatic N) is 1. The van der Waals surface area contributed by atoms with Gasteiger partial charge in [0.25, 0.3) is 0 Å². The first-order chi connectivity index (χ1) is 11.8. The Kier molecular flexibility index (Phi) is 6.28. The van der Waals surface area contributed by atoms with Crippen LogP contribution in [0.15, 0.2) is 24.3 Å². The van der Waals surface area contributed by atoms with Gasteiger partial charge in [-0.1, -0.05) is 0 Å². The minimum absolute atomic E-state index is 0.00648. The van der Waals surface area contributed by atoms with Crippen molar-refractivity contribution in [2.24, 2.45) is 5.92 Å². The van der Waals surface area contributed by atoms with Gasteiger partial charge in [-0.2, -0.15) is 0 Å².